The maximum atomic E-state index is 12.9. The molecule has 4 rings (SSSR count). The van der Waals surface area contributed by atoms with E-state index in [9.17, 15) is 14.4 Å². The highest BCUT2D eigenvalue weighted by Crippen LogP contribution is 2.36. The van der Waals surface area contributed by atoms with Crippen LogP contribution in [0.2, 0.25) is 0 Å². The molecular weight excluding hydrogens is 326 g/mol. The van der Waals surface area contributed by atoms with Gasteiger partial charge < -0.3 is 4.74 Å². The van der Waals surface area contributed by atoms with Gasteiger partial charge in [0.15, 0.2) is 0 Å². The number of aromatic nitrogens is 1. The third-order valence-electron chi connectivity index (χ3n) is 4.16. The Morgan fingerprint density at radius 2 is 1.92 bits per heavy atom. The third-order valence-corrected chi connectivity index (χ3v) is 5.28. The number of methoxy groups -OCH3 is 1. The van der Waals surface area contributed by atoms with Gasteiger partial charge in [-0.3, -0.25) is 9.59 Å². The summed E-state index contributed by atoms with van der Waals surface area (Å²) in [5.74, 6) is -1.16. The van der Waals surface area contributed by atoms with Crippen LogP contribution < -0.4 is 0 Å². The van der Waals surface area contributed by atoms with Gasteiger partial charge in [0, 0.05) is 10.9 Å². The molecule has 2 aromatic heterocycles. The number of carbonyl (C=O) groups is 3. The zero-order chi connectivity index (χ0) is 17.0. The Kier molecular flexibility index (Phi) is 3.11. The normalized spacial score (nSPS) is 12.9. The van der Waals surface area contributed by atoms with Crippen LogP contribution in [-0.2, 0) is 4.74 Å². The topological polar surface area (TPSA) is 73.3 Å². The number of benzene rings is 1. The quantitative estimate of drug-likeness (QED) is 0.499. The van der Waals surface area contributed by atoms with Gasteiger partial charge in [-0.15, -0.1) is 11.3 Å². The Labute approximate surface area is 140 Å². The molecule has 0 bridgehead atoms. The average molecular weight is 337 g/mol. The van der Waals surface area contributed by atoms with Crippen molar-refractivity contribution in [3.05, 3.63) is 62.5 Å². The minimum atomic E-state index is -0.561. The number of carbonyl (C=O) groups excluding carboxylic acids is 3. The minimum absolute atomic E-state index is 0.151. The summed E-state index contributed by atoms with van der Waals surface area (Å²) in [6.45, 7) is 1.81. The minimum Gasteiger partial charge on any atom is -0.465 e. The number of ether oxygens (including phenoxy) is 1. The number of hydrogen-bond donors (Lipinski definition) is 0. The van der Waals surface area contributed by atoms with E-state index < -0.39 is 5.97 Å². The van der Waals surface area contributed by atoms with Crippen molar-refractivity contribution in [3.63, 3.8) is 0 Å². The highest BCUT2D eigenvalue weighted by atomic mass is 32.1. The van der Waals surface area contributed by atoms with Gasteiger partial charge in [0.05, 0.1) is 23.1 Å². The lowest BCUT2D eigenvalue weighted by Crippen LogP contribution is -2.21. The largest absolute Gasteiger partial charge is 0.465 e. The molecule has 0 saturated heterocycles. The zero-order valence-electron chi connectivity index (χ0n) is 12.9. The third kappa shape index (κ3) is 1.86. The molecule has 118 valence electrons. The van der Waals surface area contributed by atoms with Crippen LogP contribution in [0.15, 0.2) is 30.3 Å². The summed E-state index contributed by atoms with van der Waals surface area (Å²) in [4.78, 5) is 42.4. The predicted molar refractivity (Wildman–Crippen MR) is 89.0 cm³/mol. The van der Waals surface area contributed by atoms with E-state index in [-0.39, 0.29) is 32.6 Å². The molecule has 0 spiro atoms. The van der Waals surface area contributed by atoms with E-state index in [0.717, 1.165) is 22.3 Å². The molecule has 1 aliphatic rings. The lowest BCUT2D eigenvalue weighted by atomic mass is 9.88. The van der Waals surface area contributed by atoms with Crippen molar-refractivity contribution < 1.29 is 19.1 Å². The molecule has 0 unspecified atom stereocenters. The van der Waals surface area contributed by atoms with Crippen LogP contribution in [0.25, 0.3) is 10.9 Å². The molecule has 0 saturated carbocycles. The SMILES string of the molecule is COC(=O)c1cc2c(s1)C(=O)c1c(nc3ccccc3c1C)C2=O. The summed E-state index contributed by atoms with van der Waals surface area (Å²) in [6, 6.07) is 8.80. The van der Waals surface area contributed by atoms with Gasteiger partial charge in [-0.2, -0.15) is 0 Å². The summed E-state index contributed by atoms with van der Waals surface area (Å²) in [5, 5.41) is 0.839. The van der Waals surface area contributed by atoms with E-state index in [1.165, 1.54) is 13.2 Å². The lowest BCUT2D eigenvalue weighted by molar-refractivity contribution is 0.0606. The van der Waals surface area contributed by atoms with E-state index in [1.807, 2.05) is 31.2 Å². The van der Waals surface area contributed by atoms with Gasteiger partial charge in [0.25, 0.3) is 0 Å². The van der Waals surface area contributed by atoms with E-state index >= 15 is 0 Å². The standard InChI is InChI=1S/C18H11NO4S/c1-8-9-5-3-4-6-11(9)19-14-13(8)16(21)17-10(15(14)20)7-12(24-17)18(22)23-2/h3-7H,1-2H3. The van der Waals surface area contributed by atoms with Crippen molar-refractivity contribution in [2.24, 2.45) is 0 Å². The number of ketones is 2. The summed E-state index contributed by atoms with van der Waals surface area (Å²) in [6.07, 6.45) is 0. The summed E-state index contributed by atoms with van der Waals surface area (Å²) < 4.78 is 4.68. The number of thiophene rings is 1. The van der Waals surface area contributed by atoms with E-state index in [2.05, 4.69) is 9.72 Å². The number of esters is 1. The first-order chi connectivity index (χ1) is 11.5. The second-order valence-corrected chi connectivity index (χ2v) is 6.53. The van der Waals surface area contributed by atoms with Gasteiger partial charge in [0.1, 0.15) is 10.6 Å². The van der Waals surface area contributed by atoms with Gasteiger partial charge in [-0.05, 0) is 24.6 Å². The second-order valence-electron chi connectivity index (χ2n) is 5.48. The summed E-state index contributed by atoms with van der Waals surface area (Å²) >= 11 is 0.985. The van der Waals surface area contributed by atoms with Crippen LogP contribution in [0.1, 0.15) is 46.5 Å². The fourth-order valence-corrected chi connectivity index (χ4v) is 4.01. The molecule has 0 amide bonds. The molecule has 5 nitrogen and oxygen atoms in total. The van der Waals surface area contributed by atoms with Crippen LogP contribution in [0.4, 0.5) is 0 Å². The Balaban J connectivity index is 2.01. The van der Waals surface area contributed by atoms with Crippen molar-refractivity contribution in [1.29, 1.82) is 0 Å². The molecule has 6 heteroatoms. The van der Waals surface area contributed by atoms with Gasteiger partial charge in [-0.25, -0.2) is 9.78 Å². The molecule has 0 fully saturated rings. The first-order valence-corrected chi connectivity index (χ1v) is 8.05. The van der Waals surface area contributed by atoms with Crippen molar-refractivity contribution in [2.75, 3.05) is 7.11 Å². The molecule has 2 heterocycles. The number of para-hydroxylation sites is 1. The molecule has 0 radical (unpaired) electrons. The zero-order valence-corrected chi connectivity index (χ0v) is 13.7. The van der Waals surface area contributed by atoms with E-state index in [1.54, 1.807) is 0 Å². The molecular formula is C18H11NO4S. The first-order valence-electron chi connectivity index (χ1n) is 7.23. The molecule has 0 aliphatic heterocycles. The van der Waals surface area contributed by atoms with Crippen LogP contribution in [0.3, 0.4) is 0 Å². The highest BCUT2D eigenvalue weighted by Gasteiger charge is 2.36. The predicted octanol–water partition coefficient (Wildman–Crippen LogP) is 3.17. The lowest BCUT2D eigenvalue weighted by Gasteiger charge is -2.17. The highest BCUT2D eigenvalue weighted by molar-refractivity contribution is 7.16. The number of rotatable bonds is 1. The van der Waals surface area contributed by atoms with Gasteiger partial charge >= 0.3 is 5.97 Å². The van der Waals surface area contributed by atoms with E-state index in [4.69, 9.17) is 0 Å². The van der Waals surface area contributed by atoms with Gasteiger partial charge in [-0.1, -0.05) is 18.2 Å². The van der Waals surface area contributed by atoms with Crippen LogP contribution in [0.5, 0.6) is 0 Å². The average Bonchev–Trinajstić information content (AvgIpc) is 3.05. The Bertz CT molecular complexity index is 1060. The summed E-state index contributed by atoms with van der Waals surface area (Å²) in [5.41, 5.74) is 2.09. The van der Waals surface area contributed by atoms with Crippen LogP contribution in [-0.4, -0.2) is 29.6 Å². The van der Waals surface area contributed by atoms with Gasteiger partial charge in [0.2, 0.25) is 11.6 Å². The molecule has 0 atom stereocenters. The van der Waals surface area contributed by atoms with Crippen LogP contribution in [0, 0.1) is 6.92 Å². The Morgan fingerprint density at radius 1 is 1.17 bits per heavy atom. The molecule has 3 aromatic rings. The van der Waals surface area contributed by atoms with Crippen LogP contribution >= 0.6 is 11.3 Å². The number of fused-ring (bicyclic) bond motifs is 3. The van der Waals surface area contributed by atoms with Crippen molar-refractivity contribution in [1.82, 2.24) is 4.98 Å². The molecule has 1 aliphatic carbocycles. The fraction of sp³-hybridized carbons (Fsp3) is 0.111. The van der Waals surface area contributed by atoms with Crippen molar-refractivity contribution in [3.8, 4) is 0 Å². The Morgan fingerprint density at radius 3 is 2.67 bits per heavy atom. The smallest absolute Gasteiger partial charge is 0.348 e. The number of nitrogens with zero attached hydrogens (tertiary/aromatic N) is 1. The summed E-state index contributed by atoms with van der Waals surface area (Å²) in [7, 11) is 1.26. The first kappa shape index (κ1) is 14.7. The number of aryl methyl sites for hydroxylation is 1. The fourth-order valence-electron chi connectivity index (χ4n) is 2.99. The van der Waals surface area contributed by atoms with Crippen molar-refractivity contribution in [2.45, 2.75) is 6.92 Å². The number of pyridine rings is 1. The molecule has 1 aromatic carbocycles. The second kappa shape index (κ2) is 5.07. The van der Waals surface area contributed by atoms with Crippen molar-refractivity contribution >= 4 is 39.8 Å². The molecule has 0 N–H and O–H groups in total. The monoisotopic (exact) mass is 337 g/mol. The number of hydrogen-bond acceptors (Lipinski definition) is 6. The van der Waals surface area contributed by atoms with E-state index in [0.29, 0.717) is 11.1 Å². The maximum Gasteiger partial charge on any atom is 0.348 e. The molecule has 24 heavy (non-hydrogen) atoms. The maximum absolute atomic E-state index is 12.9. The Hall–Kier alpha value is -2.86.